The van der Waals surface area contributed by atoms with E-state index in [1.807, 2.05) is 6.92 Å². The first-order chi connectivity index (χ1) is 8.56. The van der Waals surface area contributed by atoms with Gasteiger partial charge in [0.1, 0.15) is 0 Å². The molecule has 0 unspecified atom stereocenters. The standard InChI is InChI=1S/C13H20N4O/c1-9-7-11(10(2)17-16-9)12(18)15-8-13(3-4-13)5-6-14/h7H,3-6,8,14H2,1-2H3,(H,15,18). The van der Waals surface area contributed by atoms with E-state index in [4.69, 9.17) is 5.73 Å². The lowest BCUT2D eigenvalue weighted by atomic mass is 10.0. The second-order valence-electron chi connectivity index (χ2n) is 5.21. The van der Waals surface area contributed by atoms with Crippen molar-refractivity contribution in [2.24, 2.45) is 11.1 Å². The first kappa shape index (κ1) is 13.0. The van der Waals surface area contributed by atoms with Crippen molar-refractivity contribution in [1.29, 1.82) is 0 Å². The van der Waals surface area contributed by atoms with Crippen LogP contribution in [0.1, 0.15) is 41.0 Å². The molecule has 0 aliphatic heterocycles. The fraction of sp³-hybridized carbons (Fsp3) is 0.615. The average molecular weight is 248 g/mol. The topological polar surface area (TPSA) is 80.9 Å². The van der Waals surface area contributed by atoms with Gasteiger partial charge in [-0.1, -0.05) is 0 Å². The Kier molecular flexibility index (Phi) is 3.61. The summed E-state index contributed by atoms with van der Waals surface area (Å²) in [6, 6.07) is 1.78. The summed E-state index contributed by atoms with van der Waals surface area (Å²) in [5.41, 5.74) is 7.89. The molecule has 0 saturated heterocycles. The van der Waals surface area contributed by atoms with E-state index in [-0.39, 0.29) is 11.3 Å². The molecule has 0 spiro atoms. The molecule has 1 aliphatic carbocycles. The van der Waals surface area contributed by atoms with Crippen molar-refractivity contribution < 1.29 is 4.79 Å². The SMILES string of the molecule is Cc1cc(C(=O)NCC2(CCN)CC2)c(C)nn1. The van der Waals surface area contributed by atoms with E-state index < -0.39 is 0 Å². The Bertz CT molecular complexity index is 454. The third-order valence-corrected chi connectivity index (χ3v) is 3.60. The molecule has 0 bridgehead atoms. The number of hydrogen-bond acceptors (Lipinski definition) is 4. The lowest BCUT2D eigenvalue weighted by Crippen LogP contribution is -2.32. The van der Waals surface area contributed by atoms with Crippen molar-refractivity contribution in [2.75, 3.05) is 13.1 Å². The average Bonchev–Trinajstić information content (AvgIpc) is 3.10. The number of carbonyl (C=O) groups is 1. The molecule has 1 heterocycles. The van der Waals surface area contributed by atoms with Crippen molar-refractivity contribution >= 4 is 5.91 Å². The highest BCUT2D eigenvalue weighted by Gasteiger charge is 2.41. The maximum atomic E-state index is 12.1. The van der Waals surface area contributed by atoms with Gasteiger partial charge in [0.05, 0.1) is 17.0 Å². The number of aromatic nitrogens is 2. The predicted octanol–water partition coefficient (Wildman–Crippen LogP) is 0.952. The minimum Gasteiger partial charge on any atom is -0.351 e. The highest BCUT2D eigenvalue weighted by molar-refractivity contribution is 5.95. The number of amides is 1. The molecule has 1 amide bonds. The molecule has 5 heteroatoms. The van der Waals surface area contributed by atoms with Crippen molar-refractivity contribution in [2.45, 2.75) is 33.1 Å². The van der Waals surface area contributed by atoms with Gasteiger partial charge in [-0.15, -0.1) is 0 Å². The summed E-state index contributed by atoms with van der Waals surface area (Å²) in [6.45, 7) is 5.03. The van der Waals surface area contributed by atoms with E-state index in [1.165, 1.54) is 0 Å². The largest absolute Gasteiger partial charge is 0.351 e. The molecule has 5 nitrogen and oxygen atoms in total. The molecule has 1 aliphatic rings. The van der Waals surface area contributed by atoms with Gasteiger partial charge in [-0.3, -0.25) is 4.79 Å². The number of nitrogens with zero attached hydrogens (tertiary/aromatic N) is 2. The lowest BCUT2D eigenvalue weighted by Gasteiger charge is -2.15. The minimum absolute atomic E-state index is 0.0613. The number of aryl methyl sites for hydroxylation is 2. The summed E-state index contributed by atoms with van der Waals surface area (Å²) in [5, 5.41) is 10.9. The van der Waals surface area contributed by atoms with Gasteiger partial charge in [-0.25, -0.2) is 0 Å². The molecular formula is C13H20N4O. The molecule has 98 valence electrons. The van der Waals surface area contributed by atoms with Gasteiger partial charge in [0.2, 0.25) is 0 Å². The van der Waals surface area contributed by atoms with Crippen molar-refractivity contribution in [1.82, 2.24) is 15.5 Å². The maximum absolute atomic E-state index is 12.1. The minimum atomic E-state index is -0.0613. The lowest BCUT2D eigenvalue weighted by molar-refractivity contribution is 0.0942. The second-order valence-corrected chi connectivity index (χ2v) is 5.21. The Morgan fingerprint density at radius 1 is 1.44 bits per heavy atom. The number of nitrogens with one attached hydrogen (secondary N) is 1. The van der Waals surface area contributed by atoms with Crippen molar-refractivity contribution in [3.05, 3.63) is 23.0 Å². The summed E-state index contributed by atoms with van der Waals surface area (Å²) in [5.74, 6) is -0.0613. The molecule has 1 fully saturated rings. The second kappa shape index (κ2) is 5.02. The first-order valence-corrected chi connectivity index (χ1v) is 6.35. The van der Waals surface area contributed by atoms with Gasteiger partial charge in [0.15, 0.2) is 0 Å². The highest BCUT2D eigenvalue weighted by atomic mass is 16.1. The van der Waals surface area contributed by atoms with E-state index >= 15 is 0 Å². The fourth-order valence-corrected chi connectivity index (χ4v) is 2.14. The summed E-state index contributed by atoms with van der Waals surface area (Å²) in [7, 11) is 0. The van der Waals surface area contributed by atoms with E-state index in [0.717, 1.165) is 25.0 Å². The summed E-state index contributed by atoms with van der Waals surface area (Å²) in [4.78, 5) is 12.1. The van der Waals surface area contributed by atoms with Gasteiger partial charge < -0.3 is 11.1 Å². The Morgan fingerprint density at radius 2 is 2.17 bits per heavy atom. The third kappa shape index (κ3) is 2.85. The molecule has 1 aromatic heterocycles. The van der Waals surface area contributed by atoms with Crippen LogP contribution in [-0.4, -0.2) is 29.2 Å². The normalized spacial score (nSPS) is 16.4. The van der Waals surface area contributed by atoms with Crippen molar-refractivity contribution in [3.8, 4) is 0 Å². The van der Waals surface area contributed by atoms with Gasteiger partial charge in [-0.05, 0) is 51.1 Å². The smallest absolute Gasteiger partial charge is 0.253 e. The van der Waals surface area contributed by atoms with Crippen LogP contribution in [0, 0.1) is 19.3 Å². The van der Waals surface area contributed by atoms with E-state index in [2.05, 4.69) is 15.5 Å². The van der Waals surface area contributed by atoms with E-state index in [1.54, 1.807) is 13.0 Å². The molecule has 3 N–H and O–H groups in total. The van der Waals surface area contributed by atoms with Crippen LogP contribution in [0.25, 0.3) is 0 Å². The predicted molar refractivity (Wildman–Crippen MR) is 69.2 cm³/mol. The van der Waals surface area contributed by atoms with Gasteiger partial charge in [0, 0.05) is 6.54 Å². The summed E-state index contributed by atoms with van der Waals surface area (Å²) < 4.78 is 0. The molecule has 0 radical (unpaired) electrons. The molecule has 18 heavy (non-hydrogen) atoms. The van der Waals surface area contributed by atoms with Gasteiger partial charge in [0.25, 0.3) is 5.91 Å². The van der Waals surface area contributed by atoms with Crippen LogP contribution < -0.4 is 11.1 Å². The Balaban J connectivity index is 1.98. The van der Waals surface area contributed by atoms with E-state index in [9.17, 15) is 4.79 Å². The van der Waals surface area contributed by atoms with Gasteiger partial charge >= 0.3 is 0 Å². The number of hydrogen-bond donors (Lipinski definition) is 2. The third-order valence-electron chi connectivity index (χ3n) is 3.60. The first-order valence-electron chi connectivity index (χ1n) is 6.35. The van der Waals surface area contributed by atoms with Crippen LogP contribution in [0.2, 0.25) is 0 Å². The van der Waals surface area contributed by atoms with Gasteiger partial charge in [-0.2, -0.15) is 10.2 Å². The number of rotatable bonds is 5. The zero-order valence-electron chi connectivity index (χ0n) is 11.0. The molecule has 2 rings (SSSR count). The number of carbonyl (C=O) groups excluding carboxylic acids is 1. The van der Waals surface area contributed by atoms with Crippen LogP contribution in [0.5, 0.6) is 0 Å². The fourth-order valence-electron chi connectivity index (χ4n) is 2.14. The summed E-state index contributed by atoms with van der Waals surface area (Å²) in [6.07, 6.45) is 3.31. The molecule has 1 saturated carbocycles. The molecule has 1 aromatic rings. The quantitative estimate of drug-likeness (QED) is 0.813. The Hall–Kier alpha value is -1.49. The Labute approximate surface area is 107 Å². The monoisotopic (exact) mass is 248 g/mol. The van der Waals surface area contributed by atoms with Crippen molar-refractivity contribution in [3.63, 3.8) is 0 Å². The molecular weight excluding hydrogens is 228 g/mol. The molecule has 0 atom stereocenters. The van der Waals surface area contributed by atoms with Crippen LogP contribution in [0.4, 0.5) is 0 Å². The van der Waals surface area contributed by atoms with E-state index in [0.29, 0.717) is 24.3 Å². The highest BCUT2D eigenvalue weighted by Crippen LogP contribution is 2.47. The Morgan fingerprint density at radius 3 is 2.78 bits per heavy atom. The van der Waals surface area contributed by atoms with Crippen LogP contribution in [0.15, 0.2) is 6.07 Å². The van der Waals surface area contributed by atoms with Crippen LogP contribution in [-0.2, 0) is 0 Å². The van der Waals surface area contributed by atoms with Crippen LogP contribution >= 0.6 is 0 Å². The zero-order valence-corrected chi connectivity index (χ0v) is 11.0. The number of nitrogens with two attached hydrogens (primary N) is 1. The summed E-state index contributed by atoms with van der Waals surface area (Å²) >= 11 is 0. The molecule has 0 aromatic carbocycles. The maximum Gasteiger partial charge on any atom is 0.253 e. The zero-order chi connectivity index (χ0) is 13.2. The van der Waals surface area contributed by atoms with Crippen LogP contribution in [0.3, 0.4) is 0 Å².